The van der Waals surface area contributed by atoms with Crippen molar-refractivity contribution < 1.29 is 4.39 Å². The molecule has 19 heavy (non-hydrogen) atoms. The van der Waals surface area contributed by atoms with E-state index in [2.05, 4.69) is 24.4 Å². The van der Waals surface area contributed by atoms with Crippen LogP contribution in [0.15, 0.2) is 36.4 Å². The van der Waals surface area contributed by atoms with Crippen LogP contribution < -0.4 is 5.32 Å². The Morgan fingerprint density at radius 3 is 2.84 bits per heavy atom. The zero-order valence-corrected chi connectivity index (χ0v) is 11.8. The van der Waals surface area contributed by atoms with Gasteiger partial charge in [-0.05, 0) is 49.7 Å². The molecule has 3 rings (SSSR count). The van der Waals surface area contributed by atoms with Crippen LogP contribution in [0, 0.1) is 12.7 Å². The van der Waals surface area contributed by atoms with Crippen molar-refractivity contribution in [1.29, 1.82) is 0 Å². The van der Waals surface area contributed by atoms with Crippen LogP contribution in [0.1, 0.15) is 33.6 Å². The summed E-state index contributed by atoms with van der Waals surface area (Å²) in [7, 11) is 0. The molecule has 0 aliphatic carbocycles. The van der Waals surface area contributed by atoms with E-state index in [1.807, 2.05) is 23.5 Å². The molecule has 2 atom stereocenters. The summed E-state index contributed by atoms with van der Waals surface area (Å²) < 4.78 is 13.4. The second kappa shape index (κ2) is 5.43. The van der Waals surface area contributed by atoms with E-state index in [1.54, 1.807) is 6.07 Å². The van der Waals surface area contributed by atoms with Gasteiger partial charge in [0.25, 0.3) is 0 Å². The van der Waals surface area contributed by atoms with Crippen LogP contribution in [0.25, 0.3) is 0 Å². The normalized spacial score (nSPS) is 23.5. The zero-order chi connectivity index (χ0) is 13.2. The van der Waals surface area contributed by atoms with Gasteiger partial charge in [0.15, 0.2) is 0 Å². The molecule has 2 heterocycles. The average Bonchev–Trinajstić information content (AvgIpc) is 2.85. The van der Waals surface area contributed by atoms with Gasteiger partial charge in [-0.25, -0.2) is 4.39 Å². The summed E-state index contributed by atoms with van der Waals surface area (Å²) in [5.74, 6) is 0.758. The second-order valence-electron chi connectivity index (χ2n) is 5.21. The van der Waals surface area contributed by atoms with Gasteiger partial charge in [-0.2, -0.15) is 0 Å². The Kier molecular flexibility index (Phi) is 3.67. The fraction of sp³-hybridized carbons (Fsp3) is 0.375. The first-order valence-corrected chi connectivity index (χ1v) is 7.58. The van der Waals surface area contributed by atoms with E-state index >= 15 is 0 Å². The molecule has 1 aliphatic heterocycles. The monoisotopic (exact) mass is 275 g/mol. The highest BCUT2D eigenvalue weighted by Crippen LogP contribution is 2.40. The van der Waals surface area contributed by atoms with E-state index in [9.17, 15) is 4.39 Å². The molecule has 0 spiro atoms. The molecule has 0 radical (unpaired) electrons. The Balaban J connectivity index is 1.93. The second-order valence-corrected chi connectivity index (χ2v) is 6.53. The number of piperidine rings is 1. The molecule has 100 valence electrons. The van der Waals surface area contributed by atoms with E-state index in [-0.39, 0.29) is 5.82 Å². The smallest absolute Gasteiger partial charge is 0.123 e. The molecule has 3 heteroatoms. The number of rotatable bonds is 2. The molecule has 2 aromatic rings. The Morgan fingerprint density at radius 1 is 1.21 bits per heavy atom. The maximum Gasteiger partial charge on any atom is 0.123 e. The van der Waals surface area contributed by atoms with Crippen molar-refractivity contribution in [2.24, 2.45) is 0 Å². The van der Waals surface area contributed by atoms with Crippen molar-refractivity contribution in [2.45, 2.75) is 25.2 Å². The number of aryl methyl sites for hydroxylation is 1. The largest absolute Gasteiger partial charge is 0.316 e. The van der Waals surface area contributed by atoms with Gasteiger partial charge >= 0.3 is 0 Å². The van der Waals surface area contributed by atoms with Gasteiger partial charge in [-0.3, -0.25) is 0 Å². The summed E-state index contributed by atoms with van der Waals surface area (Å²) in [6, 6.07) is 11.5. The first kappa shape index (κ1) is 12.8. The third kappa shape index (κ3) is 2.72. The Bertz CT molecular complexity index is 563. The highest BCUT2D eigenvalue weighted by molar-refractivity contribution is 7.12. The van der Waals surface area contributed by atoms with E-state index in [4.69, 9.17) is 0 Å². The number of benzene rings is 1. The maximum atomic E-state index is 13.4. The average molecular weight is 275 g/mol. The van der Waals surface area contributed by atoms with Crippen molar-refractivity contribution in [1.82, 2.24) is 5.32 Å². The lowest BCUT2D eigenvalue weighted by Gasteiger charge is -2.32. The number of hydrogen-bond acceptors (Lipinski definition) is 2. The number of halogens is 1. The van der Waals surface area contributed by atoms with Gasteiger partial charge < -0.3 is 5.32 Å². The molecule has 1 aromatic heterocycles. The summed E-state index contributed by atoms with van der Waals surface area (Å²) in [5, 5.41) is 3.44. The zero-order valence-electron chi connectivity index (χ0n) is 11.0. The molecule has 2 unspecified atom stereocenters. The summed E-state index contributed by atoms with van der Waals surface area (Å²) in [4.78, 5) is 2.79. The Labute approximate surface area is 117 Å². The minimum absolute atomic E-state index is 0.135. The topological polar surface area (TPSA) is 12.0 Å². The molecule has 1 fully saturated rings. The van der Waals surface area contributed by atoms with Gasteiger partial charge in [0.2, 0.25) is 0 Å². The van der Waals surface area contributed by atoms with Gasteiger partial charge in [-0.15, -0.1) is 11.3 Å². The number of nitrogens with one attached hydrogen (secondary N) is 1. The van der Waals surface area contributed by atoms with Crippen molar-refractivity contribution in [3.8, 4) is 0 Å². The first-order valence-electron chi connectivity index (χ1n) is 6.76. The Morgan fingerprint density at radius 2 is 2.11 bits per heavy atom. The van der Waals surface area contributed by atoms with Crippen molar-refractivity contribution in [3.63, 3.8) is 0 Å². The molecule has 0 amide bonds. The highest BCUT2D eigenvalue weighted by atomic mass is 32.1. The number of thiophene rings is 1. The van der Waals surface area contributed by atoms with Gasteiger partial charge in [0, 0.05) is 28.1 Å². The van der Waals surface area contributed by atoms with Gasteiger partial charge in [0.05, 0.1) is 0 Å². The third-order valence-electron chi connectivity index (χ3n) is 3.89. The van der Waals surface area contributed by atoms with Crippen molar-refractivity contribution in [3.05, 3.63) is 57.5 Å². The van der Waals surface area contributed by atoms with E-state index in [0.29, 0.717) is 11.8 Å². The van der Waals surface area contributed by atoms with Crippen LogP contribution in [0.2, 0.25) is 0 Å². The molecule has 1 aliphatic rings. The van der Waals surface area contributed by atoms with Crippen LogP contribution in [0.3, 0.4) is 0 Å². The summed E-state index contributed by atoms with van der Waals surface area (Å²) in [5.41, 5.74) is 1.11. The minimum atomic E-state index is -0.135. The predicted molar refractivity (Wildman–Crippen MR) is 78.4 cm³/mol. The third-order valence-corrected chi connectivity index (χ3v) is 5.02. The summed E-state index contributed by atoms with van der Waals surface area (Å²) in [6.07, 6.45) is 1.13. The Hall–Kier alpha value is -1.19. The fourth-order valence-corrected chi connectivity index (χ4v) is 4.02. The minimum Gasteiger partial charge on any atom is -0.316 e. The molecule has 1 N–H and O–H groups in total. The lowest BCUT2D eigenvalue weighted by Crippen LogP contribution is -2.33. The first-order chi connectivity index (χ1) is 9.24. The van der Waals surface area contributed by atoms with Crippen LogP contribution in [0.4, 0.5) is 4.39 Å². The quantitative estimate of drug-likeness (QED) is 0.871. The molecule has 1 nitrogen and oxygen atoms in total. The van der Waals surface area contributed by atoms with Crippen molar-refractivity contribution >= 4 is 11.3 Å². The molecule has 0 saturated carbocycles. The summed E-state index contributed by atoms with van der Waals surface area (Å²) >= 11 is 1.88. The highest BCUT2D eigenvalue weighted by Gasteiger charge is 2.28. The predicted octanol–water partition coefficient (Wildman–Crippen LogP) is 4.06. The van der Waals surface area contributed by atoms with Gasteiger partial charge in [0.1, 0.15) is 5.82 Å². The number of hydrogen-bond donors (Lipinski definition) is 1. The van der Waals surface area contributed by atoms with Gasteiger partial charge in [-0.1, -0.05) is 12.1 Å². The molecular weight excluding hydrogens is 257 g/mol. The molecule has 1 saturated heterocycles. The SMILES string of the molecule is Cc1ccc(C2CCNCC2c2cccc(F)c2)s1. The lowest BCUT2D eigenvalue weighted by molar-refractivity contribution is 0.407. The van der Waals surface area contributed by atoms with Crippen LogP contribution in [-0.2, 0) is 0 Å². The van der Waals surface area contributed by atoms with Crippen LogP contribution in [-0.4, -0.2) is 13.1 Å². The van der Waals surface area contributed by atoms with Crippen molar-refractivity contribution in [2.75, 3.05) is 13.1 Å². The summed E-state index contributed by atoms with van der Waals surface area (Å²) in [6.45, 7) is 4.13. The molecular formula is C16H18FNS. The fourth-order valence-electron chi connectivity index (χ4n) is 2.94. The standard InChI is InChI=1S/C16H18FNS/c1-11-5-6-16(19-11)14-7-8-18-10-15(14)12-3-2-4-13(17)9-12/h2-6,9,14-15,18H,7-8,10H2,1H3. The van der Waals surface area contributed by atoms with Crippen LogP contribution >= 0.6 is 11.3 Å². The molecule has 0 bridgehead atoms. The van der Waals surface area contributed by atoms with E-state index < -0.39 is 0 Å². The van der Waals surface area contributed by atoms with E-state index in [0.717, 1.165) is 25.1 Å². The maximum absolute atomic E-state index is 13.4. The molecule has 1 aromatic carbocycles. The lowest BCUT2D eigenvalue weighted by atomic mass is 9.80. The van der Waals surface area contributed by atoms with E-state index in [1.165, 1.54) is 15.8 Å². The van der Waals surface area contributed by atoms with Crippen LogP contribution in [0.5, 0.6) is 0 Å².